The lowest BCUT2D eigenvalue weighted by Gasteiger charge is -2.26. The van der Waals surface area contributed by atoms with E-state index in [1.807, 2.05) is 0 Å². The van der Waals surface area contributed by atoms with Crippen LogP contribution in [0.15, 0.2) is 0 Å². The molecule has 1 saturated carbocycles. The third-order valence-corrected chi connectivity index (χ3v) is 4.43. The molecule has 0 N–H and O–H groups in total. The lowest BCUT2D eigenvalue weighted by molar-refractivity contribution is -0.146. The predicted molar refractivity (Wildman–Crippen MR) is 67.7 cm³/mol. The van der Waals surface area contributed by atoms with E-state index in [1.54, 1.807) is 0 Å². The van der Waals surface area contributed by atoms with Crippen molar-refractivity contribution in [3.05, 3.63) is 0 Å². The molecule has 0 spiro atoms. The minimum Gasteiger partial charge on any atom is -0.469 e. The average molecular weight is 239 g/mol. The smallest absolute Gasteiger partial charge is 0.310 e. The van der Waals surface area contributed by atoms with Crippen molar-refractivity contribution < 1.29 is 9.53 Å². The van der Waals surface area contributed by atoms with Gasteiger partial charge in [-0.15, -0.1) is 0 Å². The highest BCUT2D eigenvalue weighted by Gasteiger charge is 2.36. The Morgan fingerprint density at radius 2 is 1.94 bits per heavy atom. The summed E-state index contributed by atoms with van der Waals surface area (Å²) in [4.78, 5) is 14.1. The van der Waals surface area contributed by atoms with Gasteiger partial charge in [-0.1, -0.05) is 26.2 Å². The van der Waals surface area contributed by atoms with Crippen molar-refractivity contribution in [1.29, 1.82) is 0 Å². The van der Waals surface area contributed by atoms with Crippen LogP contribution in [0.4, 0.5) is 0 Å². The van der Waals surface area contributed by atoms with Crippen LogP contribution in [-0.2, 0) is 9.53 Å². The first-order chi connectivity index (χ1) is 8.20. The summed E-state index contributed by atoms with van der Waals surface area (Å²) in [5, 5.41) is 0. The van der Waals surface area contributed by atoms with Gasteiger partial charge < -0.3 is 9.64 Å². The normalized spacial score (nSPS) is 31.6. The monoisotopic (exact) mass is 239 g/mol. The number of hydrogen-bond acceptors (Lipinski definition) is 3. The number of rotatable bonds is 3. The van der Waals surface area contributed by atoms with Crippen molar-refractivity contribution in [2.45, 2.75) is 39.0 Å². The van der Waals surface area contributed by atoms with Gasteiger partial charge in [-0.05, 0) is 24.7 Å². The number of ether oxygens (including phenoxy) is 1. The van der Waals surface area contributed by atoms with Gasteiger partial charge in [0.15, 0.2) is 0 Å². The van der Waals surface area contributed by atoms with Crippen LogP contribution in [0.3, 0.4) is 0 Å². The van der Waals surface area contributed by atoms with Crippen LogP contribution < -0.4 is 0 Å². The number of nitrogens with zero attached hydrogens (tertiary/aromatic N) is 1. The molecule has 0 amide bonds. The van der Waals surface area contributed by atoms with E-state index in [9.17, 15) is 4.79 Å². The van der Waals surface area contributed by atoms with Crippen LogP contribution in [-0.4, -0.2) is 37.6 Å². The summed E-state index contributed by atoms with van der Waals surface area (Å²) in [5.74, 6) is 1.39. The second-order valence-electron chi connectivity index (χ2n) is 5.83. The summed E-state index contributed by atoms with van der Waals surface area (Å²) in [7, 11) is 1.50. The zero-order chi connectivity index (χ0) is 12.3. The summed E-state index contributed by atoms with van der Waals surface area (Å²) in [6.45, 7) is 5.33. The van der Waals surface area contributed by atoms with Gasteiger partial charge in [-0.3, -0.25) is 4.79 Å². The topological polar surface area (TPSA) is 29.5 Å². The molecule has 1 aliphatic carbocycles. The molecule has 0 bridgehead atoms. The Balaban J connectivity index is 1.81. The third-order valence-electron chi connectivity index (χ3n) is 4.43. The molecule has 0 aromatic heterocycles. The fourth-order valence-electron chi connectivity index (χ4n) is 3.41. The molecule has 3 heteroatoms. The van der Waals surface area contributed by atoms with Gasteiger partial charge in [0.05, 0.1) is 13.0 Å². The van der Waals surface area contributed by atoms with E-state index < -0.39 is 0 Å². The van der Waals surface area contributed by atoms with Gasteiger partial charge in [0, 0.05) is 19.6 Å². The molecule has 2 aliphatic rings. The Bertz CT molecular complexity index is 261. The molecule has 0 aromatic carbocycles. The van der Waals surface area contributed by atoms with Gasteiger partial charge in [-0.2, -0.15) is 0 Å². The minimum absolute atomic E-state index is 0.0244. The van der Waals surface area contributed by atoms with Crippen LogP contribution in [0.1, 0.15) is 39.0 Å². The minimum atomic E-state index is -0.0244. The molecular formula is C14H25NO2. The Morgan fingerprint density at radius 3 is 2.59 bits per heavy atom. The number of esters is 1. The number of carbonyl (C=O) groups excluding carboxylic acids is 1. The summed E-state index contributed by atoms with van der Waals surface area (Å²) in [6.07, 6.45) is 6.97. The van der Waals surface area contributed by atoms with Crippen LogP contribution >= 0.6 is 0 Å². The first-order valence-electron chi connectivity index (χ1n) is 7.01. The van der Waals surface area contributed by atoms with E-state index in [0.29, 0.717) is 5.92 Å². The van der Waals surface area contributed by atoms with E-state index in [1.165, 1.54) is 45.8 Å². The Labute approximate surface area is 105 Å². The van der Waals surface area contributed by atoms with Crippen molar-refractivity contribution in [2.75, 3.05) is 26.7 Å². The van der Waals surface area contributed by atoms with Crippen molar-refractivity contribution >= 4 is 5.97 Å². The van der Waals surface area contributed by atoms with E-state index in [2.05, 4.69) is 11.8 Å². The van der Waals surface area contributed by atoms with Crippen LogP contribution in [0, 0.1) is 17.8 Å². The molecule has 0 radical (unpaired) electrons. The van der Waals surface area contributed by atoms with Gasteiger partial charge in [-0.25, -0.2) is 0 Å². The number of likely N-dealkylation sites (tertiary alicyclic amines) is 1. The van der Waals surface area contributed by atoms with Gasteiger partial charge >= 0.3 is 5.97 Å². The molecular weight excluding hydrogens is 214 g/mol. The van der Waals surface area contributed by atoms with Crippen molar-refractivity contribution in [3.8, 4) is 0 Å². The summed E-state index contributed by atoms with van der Waals surface area (Å²) in [6, 6.07) is 0. The maximum Gasteiger partial charge on any atom is 0.310 e. The highest BCUT2D eigenvalue weighted by Crippen LogP contribution is 2.29. The van der Waals surface area contributed by atoms with E-state index in [0.717, 1.165) is 19.0 Å². The lowest BCUT2D eigenvalue weighted by atomic mass is 9.89. The van der Waals surface area contributed by atoms with Crippen LogP contribution in [0.2, 0.25) is 0 Å². The molecule has 0 aromatic rings. The zero-order valence-corrected chi connectivity index (χ0v) is 11.2. The van der Waals surface area contributed by atoms with E-state index in [4.69, 9.17) is 4.74 Å². The van der Waals surface area contributed by atoms with Crippen molar-refractivity contribution in [3.63, 3.8) is 0 Å². The summed E-state index contributed by atoms with van der Waals surface area (Å²) in [5.41, 5.74) is 0. The van der Waals surface area contributed by atoms with Crippen molar-refractivity contribution in [2.24, 2.45) is 17.8 Å². The first kappa shape index (κ1) is 12.9. The molecule has 2 rings (SSSR count). The molecule has 1 heterocycles. The quantitative estimate of drug-likeness (QED) is 0.708. The average Bonchev–Trinajstić information content (AvgIpc) is 2.70. The standard InChI is InChI=1S/C14H25NO2/c1-11-8-15(10-13(11)14(16)17-2)9-12-6-4-3-5-7-12/h11-13H,3-10H2,1-2H3. The molecule has 2 atom stereocenters. The van der Waals surface area contributed by atoms with Crippen LogP contribution in [0.5, 0.6) is 0 Å². The molecule has 1 saturated heterocycles. The van der Waals surface area contributed by atoms with E-state index in [-0.39, 0.29) is 11.9 Å². The fraction of sp³-hybridized carbons (Fsp3) is 0.929. The number of hydrogen-bond donors (Lipinski definition) is 0. The summed E-state index contributed by atoms with van der Waals surface area (Å²) >= 11 is 0. The second kappa shape index (κ2) is 5.85. The maximum absolute atomic E-state index is 11.6. The Kier molecular flexibility index (Phi) is 4.43. The molecule has 98 valence electrons. The van der Waals surface area contributed by atoms with E-state index >= 15 is 0 Å². The van der Waals surface area contributed by atoms with Gasteiger partial charge in [0.25, 0.3) is 0 Å². The number of carbonyl (C=O) groups is 1. The second-order valence-corrected chi connectivity index (χ2v) is 5.83. The Hall–Kier alpha value is -0.570. The largest absolute Gasteiger partial charge is 0.469 e. The molecule has 2 fully saturated rings. The number of methoxy groups -OCH3 is 1. The summed E-state index contributed by atoms with van der Waals surface area (Å²) < 4.78 is 4.88. The first-order valence-corrected chi connectivity index (χ1v) is 7.01. The third kappa shape index (κ3) is 3.21. The van der Waals surface area contributed by atoms with Crippen molar-refractivity contribution in [1.82, 2.24) is 4.90 Å². The molecule has 3 nitrogen and oxygen atoms in total. The molecule has 1 aliphatic heterocycles. The fourth-order valence-corrected chi connectivity index (χ4v) is 3.41. The molecule has 17 heavy (non-hydrogen) atoms. The van der Waals surface area contributed by atoms with Crippen LogP contribution in [0.25, 0.3) is 0 Å². The SMILES string of the molecule is COC(=O)C1CN(CC2CCCCC2)CC1C. The zero-order valence-electron chi connectivity index (χ0n) is 11.2. The van der Waals surface area contributed by atoms with Gasteiger partial charge in [0.1, 0.15) is 0 Å². The highest BCUT2D eigenvalue weighted by molar-refractivity contribution is 5.73. The lowest BCUT2D eigenvalue weighted by Crippen LogP contribution is -2.30. The Morgan fingerprint density at radius 1 is 1.24 bits per heavy atom. The molecule has 2 unspecified atom stereocenters. The highest BCUT2D eigenvalue weighted by atomic mass is 16.5. The van der Waals surface area contributed by atoms with Gasteiger partial charge in [0.2, 0.25) is 0 Å². The predicted octanol–water partition coefficient (Wildman–Crippen LogP) is 2.31. The maximum atomic E-state index is 11.6.